The van der Waals surface area contributed by atoms with Crippen LogP contribution in [0.4, 0.5) is 0 Å². The van der Waals surface area contributed by atoms with Crippen LogP contribution in [0, 0.1) is 6.92 Å². The SMILES string of the molecule is CCCCCNC1=CC(=O)c2cc(C)ncc2C1=O. The van der Waals surface area contributed by atoms with Gasteiger partial charge in [0.05, 0.1) is 11.3 Å². The monoisotopic (exact) mass is 258 g/mol. The standard InChI is InChI=1S/C15H18N2O2/c1-3-4-5-6-16-13-8-14(18)11-7-10(2)17-9-12(11)15(13)19/h7-9,16H,3-6H2,1-2H3. The Bertz CT molecular complexity index is 547. The van der Waals surface area contributed by atoms with E-state index < -0.39 is 0 Å². The van der Waals surface area contributed by atoms with Crippen LogP contribution in [0.15, 0.2) is 24.0 Å². The predicted molar refractivity (Wildman–Crippen MR) is 73.2 cm³/mol. The summed E-state index contributed by atoms with van der Waals surface area (Å²) in [5.41, 5.74) is 1.99. The molecule has 100 valence electrons. The van der Waals surface area contributed by atoms with E-state index in [1.54, 1.807) is 13.0 Å². The van der Waals surface area contributed by atoms with Crippen LogP contribution in [0.2, 0.25) is 0 Å². The molecule has 4 heteroatoms. The van der Waals surface area contributed by atoms with Gasteiger partial charge in [0.15, 0.2) is 5.78 Å². The highest BCUT2D eigenvalue weighted by atomic mass is 16.1. The first kappa shape index (κ1) is 13.5. The van der Waals surface area contributed by atoms with Crippen LogP contribution < -0.4 is 5.32 Å². The van der Waals surface area contributed by atoms with Crippen LogP contribution in [-0.4, -0.2) is 23.1 Å². The molecule has 0 amide bonds. The maximum atomic E-state index is 12.2. The van der Waals surface area contributed by atoms with E-state index in [9.17, 15) is 9.59 Å². The second-order valence-corrected chi connectivity index (χ2v) is 4.76. The van der Waals surface area contributed by atoms with Crippen molar-refractivity contribution in [2.45, 2.75) is 33.1 Å². The highest BCUT2D eigenvalue weighted by Crippen LogP contribution is 2.20. The molecule has 2 rings (SSSR count). The lowest BCUT2D eigenvalue weighted by molar-refractivity contribution is 0.0977. The first-order chi connectivity index (χ1) is 9.13. The van der Waals surface area contributed by atoms with Gasteiger partial charge in [-0.25, -0.2) is 0 Å². The molecule has 0 saturated carbocycles. The van der Waals surface area contributed by atoms with Crippen LogP contribution in [0.5, 0.6) is 0 Å². The zero-order valence-corrected chi connectivity index (χ0v) is 11.3. The van der Waals surface area contributed by atoms with Gasteiger partial charge in [0, 0.05) is 30.1 Å². The number of Topliss-reactive ketones (excluding diaryl/α,β-unsaturated/α-hetero) is 1. The van der Waals surface area contributed by atoms with Gasteiger partial charge in [0.25, 0.3) is 0 Å². The van der Waals surface area contributed by atoms with E-state index in [2.05, 4.69) is 17.2 Å². The molecule has 0 atom stereocenters. The zero-order valence-electron chi connectivity index (χ0n) is 11.3. The maximum Gasteiger partial charge on any atom is 0.211 e. The van der Waals surface area contributed by atoms with E-state index in [0.29, 0.717) is 23.4 Å². The van der Waals surface area contributed by atoms with Crippen LogP contribution in [0.25, 0.3) is 0 Å². The molecule has 1 aromatic heterocycles. The molecule has 0 saturated heterocycles. The van der Waals surface area contributed by atoms with E-state index >= 15 is 0 Å². The minimum atomic E-state index is -0.140. The number of unbranched alkanes of at least 4 members (excludes halogenated alkanes) is 2. The van der Waals surface area contributed by atoms with Gasteiger partial charge in [0.2, 0.25) is 5.78 Å². The van der Waals surface area contributed by atoms with Gasteiger partial charge in [-0.3, -0.25) is 14.6 Å². The van der Waals surface area contributed by atoms with Crippen LogP contribution in [0.3, 0.4) is 0 Å². The molecule has 1 aromatic rings. The van der Waals surface area contributed by atoms with Gasteiger partial charge >= 0.3 is 0 Å². The fourth-order valence-electron chi connectivity index (χ4n) is 2.09. The number of allylic oxidation sites excluding steroid dienone is 2. The van der Waals surface area contributed by atoms with E-state index in [1.807, 2.05) is 0 Å². The molecule has 0 spiro atoms. The molecule has 0 radical (unpaired) electrons. The molecule has 1 N–H and O–H groups in total. The zero-order chi connectivity index (χ0) is 13.8. The molecular weight excluding hydrogens is 240 g/mol. The van der Waals surface area contributed by atoms with Gasteiger partial charge in [-0.05, 0) is 19.4 Å². The van der Waals surface area contributed by atoms with E-state index in [-0.39, 0.29) is 11.6 Å². The summed E-state index contributed by atoms with van der Waals surface area (Å²) in [6.45, 7) is 4.65. The number of pyridine rings is 1. The molecule has 0 aliphatic heterocycles. The van der Waals surface area contributed by atoms with Crippen molar-refractivity contribution in [3.05, 3.63) is 40.9 Å². The smallest absolute Gasteiger partial charge is 0.211 e. The quantitative estimate of drug-likeness (QED) is 0.824. The van der Waals surface area contributed by atoms with E-state index in [0.717, 1.165) is 25.0 Å². The number of rotatable bonds is 5. The Morgan fingerprint density at radius 1 is 1.21 bits per heavy atom. The summed E-state index contributed by atoms with van der Waals surface area (Å²) in [6, 6.07) is 1.67. The Hall–Kier alpha value is -1.97. The minimum absolute atomic E-state index is 0.127. The van der Waals surface area contributed by atoms with E-state index in [1.165, 1.54) is 12.3 Å². The summed E-state index contributed by atoms with van der Waals surface area (Å²) in [5.74, 6) is -0.267. The van der Waals surface area contributed by atoms with Crippen molar-refractivity contribution in [3.8, 4) is 0 Å². The number of hydrogen-bond donors (Lipinski definition) is 1. The van der Waals surface area contributed by atoms with Crippen molar-refractivity contribution in [2.75, 3.05) is 6.54 Å². The summed E-state index contributed by atoms with van der Waals surface area (Å²) < 4.78 is 0. The average molecular weight is 258 g/mol. The first-order valence-corrected chi connectivity index (χ1v) is 6.64. The summed E-state index contributed by atoms with van der Waals surface area (Å²) in [5, 5.41) is 3.06. The Kier molecular flexibility index (Phi) is 4.10. The van der Waals surface area contributed by atoms with Gasteiger partial charge in [-0.15, -0.1) is 0 Å². The molecule has 0 aromatic carbocycles. The fourth-order valence-corrected chi connectivity index (χ4v) is 2.09. The number of hydrogen-bond acceptors (Lipinski definition) is 4. The molecule has 19 heavy (non-hydrogen) atoms. The lowest BCUT2D eigenvalue weighted by atomic mass is 9.94. The first-order valence-electron chi connectivity index (χ1n) is 6.64. The van der Waals surface area contributed by atoms with Crippen molar-refractivity contribution in [2.24, 2.45) is 0 Å². The predicted octanol–water partition coefficient (Wildman–Crippen LogP) is 2.43. The van der Waals surface area contributed by atoms with Crippen LogP contribution in [0.1, 0.15) is 52.6 Å². The lowest BCUT2D eigenvalue weighted by Gasteiger charge is -2.16. The van der Waals surface area contributed by atoms with Gasteiger partial charge in [-0.1, -0.05) is 19.8 Å². The number of nitrogens with one attached hydrogen (secondary N) is 1. The van der Waals surface area contributed by atoms with E-state index in [4.69, 9.17) is 0 Å². The van der Waals surface area contributed by atoms with Crippen molar-refractivity contribution < 1.29 is 9.59 Å². The molecule has 1 heterocycles. The summed E-state index contributed by atoms with van der Waals surface area (Å²) in [6.07, 6.45) is 6.12. The molecule has 0 bridgehead atoms. The third-order valence-electron chi connectivity index (χ3n) is 3.17. The Labute approximate surface area is 112 Å². The number of fused-ring (bicyclic) bond motifs is 1. The Morgan fingerprint density at radius 3 is 2.74 bits per heavy atom. The largest absolute Gasteiger partial charge is 0.382 e. The summed E-state index contributed by atoms with van der Waals surface area (Å²) >= 11 is 0. The average Bonchev–Trinajstić information content (AvgIpc) is 2.40. The molecule has 4 nitrogen and oxygen atoms in total. The number of aryl methyl sites for hydroxylation is 1. The third kappa shape index (κ3) is 2.89. The van der Waals surface area contributed by atoms with Gasteiger partial charge in [-0.2, -0.15) is 0 Å². The third-order valence-corrected chi connectivity index (χ3v) is 3.17. The van der Waals surface area contributed by atoms with Crippen molar-refractivity contribution >= 4 is 11.6 Å². The van der Waals surface area contributed by atoms with Crippen LogP contribution in [-0.2, 0) is 0 Å². The van der Waals surface area contributed by atoms with Gasteiger partial charge < -0.3 is 5.32 Å². The summed E-state index contributed by atoms with van der Waals surface area (Å²) in [4.78, 5) is 28.3. The Morgan fingerprint density at radius 2 is 2.00 bits per heavy atom. The highest BCUT2D eigenvalue weighted by molar-refractivity contribution is 6.24. The van der Waals surface area contributed by atoms with Crippen molar-refractivity contribution in [1.29, 1.82) is 0 Å². The normalized spacial score (nSPS) is 14.1. The number of carbonyl (C=O) groups excluding carboxylic acids is 2. The highest BCUT2D eigenvalue weighted by Gasteiger charge is 2.25. The number of nitrogens with zero attached hydrogens (tertiary/aromatic N) is 1. The molecular formula is C15H18N2O2. The number of carbonyl (C=O) groups is 2. The molecule has 1 aliphatic carbocycles. The topological polar surface area (TPSA) is 59.1 Å². The van der Waals surface area contributed by atoms with Crippen LogP contribution >= 0.6 is 0 Å². The lowest BCUT2D eigenvalue weighted by Crippen LogP contribution is -2.27. The summed E-state index contributed by atoms with van der Waals surface area (Å²) in [7, 11) is 0. The van der Waals surface area contributed by atoms with Crippen molar-refractivity contribution in [3.63, 3.8) is 0 Å². The molecule has 0 unspecified atom stereocenters. The second-order valence-electron chi connectivity index (χ2n) is 4.76. The molecule has 0 fully saturated rings. The molecule has 1 aliphatic rings. The number of ketones is 2. The minimum Gasteiger partial charge on any atom is -0.382 e. The Balaban J connectivity index is 2.15. The fraction of sp³-hybridized carbons (Fsp3) is 0.400. The van der Waals surface area contributed by atoms with Crippen molar-refractivity contribution in [1.82, 2.24) is 10.3 Å². The van der Waals surface area contributed by atoms with Gasteiger partial charge in [0.1, 0.15) is 0 Å². The number of aromatic nitrogens is 1. The second kappa shape index (κ2) is 5.78. The maximum absolute atomic E-state index is 12.2.